The molecule has 13 heteroatoms. The van der Waals surface area contributed by atoms with Crippen molar-refractivity contribution in [1.29, 1.82) is 0 Å². The van der Waals surface area contributed by atoms with Crippen LogP contribution in [0.3, 0.4) is 0 Å². The Morgan fingerprint density at radius 3 is 1.68 bits per heavy atom. The maximum atomic E-state index is 12.8. The van der Waals surface area contributed by atoms with E-state index in [4.69, 9.17) is 5.73 Å². The highest BCUT2D eigenvalue weighted by Crippen LogP contribution is 2.28. The molecule has 0 aliphatic rings. The number of alkyl halides is 3. The van der Waals surface area contributed by atoms with Crippen LogP contribution in [0.5, 0.6) is 0 Å². The Balaban J connectivity index is 6.00. The van der Waals surface area contributed by atoms with E-state index in [2.05, 4.69) is 14.5 Å². The van der Waals surface area contributed by atoms with E-state index in [1.807, 2.05) is 0 Å². The number of amides is 2. The Kier molecular flexibility index (Phi) is 6.48. The summed E-state index contributed by atoms with van der Waals surface area (Å²) in [5.41, 5.74) is -3.18. The van der Waals surface area contributed by atoms with E-state index < -0.39 is 49.2 Å². The molecule has 0 aromatic heterocycles. The van der Waals surface area contributed by atoms with Gasteiger partial charge in [0.25, 0.3) is 0 Å². The molecule has 0 heterocycles. The number of rotatable bonds is 1. The van der Waals surface area contributed by atoms with Crippen molar-refractivity contribution in [2.24, 2.45) is 10.7 Å². The zero-order chi connectivity index (χ0) is 20.4. The molecule has 2 N–H and O–H groups in total. The Morgan fingerprint density at radius 2 is 1.36 bits per heavy atom. The van der Waals surface area contributed by atoms with Gasteiger partial charge in [0.1, 0.15) is 11.2 Å². The number of sulfonamides is 1. The first kappa shape index (κ1) is 22.9. The third kappa shape index (κ3) is 7.15. The van der Waals surface area contributed by atoms with Crippen molar-refractivity contribution in [2.45, 2.75) is 58.3 Å². The van der Waals surface area contributed by atoms with Crippen molar-refractivity contribution in [2.75, 3.05) is 0 Å². The predicted molar refractivity (Wildman–Crippen MR) is 80.9 cm³/mol. The van der Waals surface area contributed by atoms with Crippen LogP contribution in [-0.4, -0.2) is 47.6 Å². The zero-order valence-electron chi connectivity index (χ0n) is 14.5. The number of hydrogen-bond acceptors (Lipinski definition) is 6. The van der Waals surface area contributed by atoms with E-state index in [-0.39, 0.29) is 0 Å². The maximum Gasteiger partial charge on any atom is 0.517 e. The van der Waals surface area contributed by atoms with Crippen molar-refractivity contribution in [1.82, 2.24) is 4.31 Å². The van der Waals surface area contributed by atoms with Crippen LogP contribution < -0.4 is 5.73 Å². The van der Waals surface area contributed by atoms with Crippen LogP contribution >= 0.6 is 0 Å². The van der Waals surface area contributed by atoms with Gasteiger partial charge >= 0.3 is 27.7 Å². The average Bonchev–Trinajstić information content (AvgIpc) is 2.19. The molecule has 0 aromatic carbocycles. The summed E-state index contributed by atoms with van der Waals surface area (Å²) in [7, 11) is -6.30. The van der Waals surface area contributed by atoms with Gasteiger partial charge in [0, 0.05) is 0 Å². The van der Waals surface area contributed by atoms with Gasteiger partial charge in [-0.2, -0.15) is 21.6 Å². The minimum Gasteiger partial charge on any atom is -0.443 e. The second-order valence-corrected chi connectivity index (χ2v) is 8.42. The van der Waals surface area contributed by atoms with Gasteiger partial charge in [-0.3, -0.25) is 0 Å². The molecule has 0 unspecified atom stereocenters. The normalized spacial score (nSPS) is 14.0. The monoisotopic (exact) mass is 391 g/mol. The third-order valence-electron chi connectivity index (χ3n) is 1.90. The Morgan fingerprint density at radius 1 is 0.960 bits per heavy atom. The Bertz CT molecular complexity index is 659. The van der Waals surface area contributed by atoms with Gasteiger partial charge in [-0.15, -0.1) is 9.30 Å². The second kappa shape index (κ2) is 7.06. The summed E-state index contributed by atoms with van der Waals surface area (Å²) in [6, 6.07) is 0. The van der Waals surface area contributed by atoms with Crippen LogP contribution in [0.4, 0.5) is 22.8 Å². The van der Waals surface area contributed by atoms with Gasteiger partial charge in [-0.1, -0.05) is 0 Å². The fraction of sp³-hybridized carbons (Fsp3) is 0.750. The molecule has 0 radical (unpaired) electrons. The highest BCUT2D eigenvalue weighted by Gasteiger charge is 2.54. The first-order valence-corrected chi connectivity index (χ1v) is 8.13. The Labute approximate surface area is 143 Å². The number of nitrogens with zero attached hydrogens (tertiary/aromatic N) is 2. The molecule has 9 nitrogen and oxygen atoms in total. The molecule has 0 aliphatic carbocycles. The minimum absolute atomic E-state index is 0.942. The first-order valence-electron chi connectivity index (χ1n) is 6.69. The van der Waals surface area contributed by atoms with Crippen molar-refractivity contribution in [3.05, 3.63) is 0 Å². The van der Waals surface area contributed by atoms with Crippen molar-refractivity contribution in [3.8, 4) is 0 Å². The summed E-state index contributed by atoms with van der Waals surface area (Å²) >= 11 is 0. The summed E-state index contributed by atoms with van der Waals surface area (Å²) in [6.45, 7) is 8.12. The molecular formula is C12H20F3N3O6S. The fourth-order valence-electron chi connectivity index (χ4n) is 1.15. The Hall–Kier alpha value is -2.05. The van der Waals surface area contributed by atoms with Crippen molar-refractivity contribution in [3.63, 3.8) is 0 Å². The quantitative estimate of drug-likeness (QED) is 0.536. The molecular weight excluding hydrogens is 371 g/mol. The number of carbonyl (C=O) groups excluding carboxylic acids is 2. The first-order chi connectivity index (χ1) is 10.8. The molecule has 0 aromatic rings. The SMILES string of the molecule is CC(C)(C)OC(=O)N=C(N)N(C(=O)OC(C)(C)C)S(=O)(=O)C(F)(F)F. The molecule has 0 bridgehead atoms. The summed E-state index contributed by atoms with van der Waals surface area (Å²) < 4.78 is 69.8. The number of nitrogens with two attached hydrogens (primary N) is 1. The van der Waals surface area contributed by atoms with Gasteiger partial charge in [-0.05, 0) is 41.5 Å². The molecule has 0 saturated carbocycles. The van der Waals surface area contributed by atoms with Gasteiger partial charge in [0.2, 0.25) is 5.96 Å². The van der Waals surface area contributed by atoms with Crippen molar-refractivity contribution < 1.29 is 40.7 Å². The van der Waals surface area contributed by atoms with Gasteiger partial charge < -0.3 is 15.2 Å². The topological polar surface area (TPSA) is 128 Å². The van der Waals surface area contributed by atoms with Crippen LogP contribution in [0, 0.1) is 0 Å². The van der Waals surface area contributed by atoms with Crippen LogP contribution in [0.25, 0.3) is 0 Å². The maximum absolute atomic E-state index is 12.8. The number of hydrogen-bond donors (Lipinski definition) is 1. The van der Waals surface area contributed by atoms with Gasteiger partial charge in [0.05, 0.1) is 0 Å². The van der Waals surface area contributed by atoms with E-state index in [0.717, 1.165) is 0 Å². The lowest BCUT2D eigenvalue weighted by molar-refractivity contribution is -0.0481. The highest BCUT2D eigenvalue weighted by atomic mass is 32.2. The number of ether oxygens (including phenoxy) is 2. The number of halogens is 3. The van der Waals surface area contributed by atoms with Crippen LogP contribution in [-0.2, 0) is 19.5 Å². The van der Waals surface area contributed by atoms with Crippen molar-refractivity contribution >= 4 is 28.2 Å². The summed E-state index contributed by atoms with van der Waals surface area (Å²) in [5, 5.41) is 0. The molecule has 0 rings (SSSR count). The third-order valence-corrected chi connectivity index (χ3v) is 3.30. The molecule has 2 amide bonds. The second-order valence-electron chi connectivity index (χ2n) is 6.65. The molecule has 25 heavy (non-hydrogen) atoms. The largest absolute Gasteiger partial charge is 0.517 e. The zero-order valence-corrected chi connectivity index (χ0v) is 15.3. The molecule has 0 saturated heterocycles. The van der Waals surface area contributed by atoms with Crippen LogP contribution in [0.15, 0.2) is 4.99 Å². The van der Waals surface area contributed by atoms with E-state index in [1.165, 1.54) is 41.5 Å². The smallest absolute Gasteiger partial charge is 0.443 e. The lowest BCUT2D eigenvalue weighted by Crippen LogP contribution is -2.52. The van der Waals surface area contributed by atoms with E-state index in [9.17, 15) is 31.2 Å². The molecule has 0 spiro atoms. The van der Waals surface area contributed by atoms with E-state index in [0.29, 0.717) is 0 Å². The van der Waals surface area contributed by atoms with Gasteiger partial charge in [0.15, 0.2) is 0 Å². The molecule has 0 fully saturated rings. The lowest BCUT2D eigenvalue weighted by atomic mass is 10.2. The number of guanidine groups is 1. The molecule has 0 aliphatic heterocycles. The van der Waals surface area contributed by atoms with E-state index in [1.54, 1.807) is 0 Å². The summed E-state index contributed by atoms with van der Waals surface area (Å²) in [4.78, 5) is 26.3. The summed E-state index contributed by atoms with van der Waals surface area (Å²) in [6.07, 6.45) is -3.47. The highest BCUT2D eigenvalue weighted by molar-refractivity contribution is 7.91. The predicted octanol–water partition coefficient (Wildman–Crippen LogP) is 2.32. The standard InChI is InChI=1S/C12H20F3N3O6S/c1-10(2,3)23-8(19)17-7(16)18(9(20)24-11(4,5)6)25(21,22)12(13,14)15/h1-6H3,(H2,16,17,19). The lowest BCUT2D eigenvalue weighted by Gasteiger charge is -2.26. The number of aliphatic imine (C=N–C) groups is 1. The number of carbonyl (C=O) groups is 2. The van der Waals surface area contributed by atoms with Gasteiger partial charge in [-0.25, -0.2) is 9.59 Å². The van der Waals surface area contributed by atoms with Crippen LogP contribution in [0.1, 0.15) is 41.5 Å². The van der Waals surface area contributed by atoms with E-state index >= 15 is 0 Å². The summed E-state index contributed by atoms with van der Waals surface area (Å²) in [5.74, 6) is -1.57. The minimum atomic E-state index is -6.30. The fourth-order valence-corrected chi connectivity index (χ4v) is 1.87. The molecule has 146 valence electrons. The average molecular weight is 391 g/mol. The molecule has 0 atom stereocenters. The van der Waals surface area contributed by atoms with Crippen LogP contribution in [0.2, 0.25) is 0 Å².